The lowest BCUT2D eigenvalue weighted by atomic mass is 10.2. The summed E-state index contributed by atoms with van der Waals surface area (Å²) in [4.78, 5) is 12.0. The lowest BCUT2D eigenvalue weighted by Gasteiger charge is -2.29. The van der Waals surface area contributed by atoms with Crippen LogP contribution in [0.2, 0.25) is 0 Å². The van der Waals surface area contributed by atoms with Crippen molar-refractivity contribution >= 4 is 21.6 Å². The van der Waals surface area contributed by atoms with E-state index in [2.05, 4.69) is 5.32 Å². The molecule has 6 heteroatoms. The van der Waals surface area contributed by atoms with Crippen LogP contribution in [0.3, 0.4) is 0 Å². The summed E-state index contributed by atoms with van der Waals surface area (Å²) in [6, 6.07) is 7.94. The van der Waals surface area contributed by atoms with Gasteiger partial charge in [-0.3, -0.25) is 9.10 Å². The second kappa shape index (κ2) is 6.56. The highest BCUT2D eigenvalue weighted by Crippen LogP contribution is 2.21. The van der Waals surface area contributed by atoms with Crippen LogP contribution >= 0.6 is 0 Å². The number of nitrogens with zero attached hydrogens (tertiary/aromatic N) is 1. The van der Waals surface area contributed by atoms with Gasteiger partial charge in [-0.2, -0.15) is 0 Å². The highest BCUT2D eigenvalue weighted by Gasteiger charge is 2.30. The van der Waals surface area contributed by atoms with Gasteiger partial charge in [-0.05, 0) is 25.5 Å². The Morgan fingerprint density at radius 3 is 2.26 bits per heavy atom. The number of hydrogen-bond acceptors (Lipinski definition) is 3. The third-order valence-corrected chi connectivity index (χ3v) is 3.87. The molecule has 1 amide bonds. The van der Waals surface area contributed by atoms with E-state index in [1.807, 2.05) is 0 Å². The Morgan fingerprint density at radius 1 is 1.26 bits per heavy atom. The van der Waals surface area contributed by atoms with Gasteiger partial charge in [-0.15, -0.1) is 0 Å². The summed E-state index contributed by atoms with van der Waals surface area (Å²) in [5, 5.41) is 2.67. The molecule has 106 valence electrons. The Balaban J connectivity index is 3.21. The average molecular weight is 284 g/mol. The van der Waals surface area contributed by atoms with Crippen LogP contribution in [-0.2, 0) is 14.8 Å². The lowest BCUT2D eigenvalue weighted by molar-refractivity contribution is -0.122. The Bertz CT molecular complexity index is 514. The van der Waals surface area contributed by atoms with E-state index in [0.717, 1.165) is 6.26 Å². The second-order valence-electron chi connectivity index (χ2n) is 4.21. The largest absolute Gasteiger partial charge is 0.355 e. The molecule has 0 bridgehead atoms. The minimum absolute atomic E-state index is 0.278. The molecule has 0 heterocycles. The topological polar surface area (TPSA) is 66.5 Å². The first kappa shape index (κ1) is 15.5. The van der Waals surface area contributed by atoms with Gasteiger partial charge in [0.2, 0.25) is 15.9 Å². The van der Waals surface area contributed by atoms with E-state index >= 15 is 0 Å². The first-order chi connectivity index (χ1) is 8.91. The lowest BCUT2D eigenvalue weighted by Crippen LogP contribution is -2.49. The summed E-state index contributed by atoms with van der Waals surface area (Å²) in [5.41, 5.74) is 0.503. The van der Waals surface area contributed by atoms with Crippen molar-refractivity contribution < 1.29 is 13.2 Å². The predicted molar refractivity (Wildman–Crippen MR) is 76.5 cm³/mol. The number of rotatable bonds is 6. The number of anilines is 1. The summed E-state index contributed by atoms with van der Waals surface area (Å²) in [6.45, 7) is 4.07. The van der Waals surface area contributed by atoms with Crippen LogP contribution < -0.4 is 9.62 Å². The fourth-order valence-electron chi connectivity index (χ4n) is 1.93. The van der Waals surface area contributed by atoms with Crippen LogP contribution in [0.4, 0.5) is 5.69 Å². The highest BCUT2D eigenvalue weighted by atomic mass is 32.2. The zero-order chi connectivity index (χ0) is 14.5. The molecule has 0 aliphatic rings. The Labute approximate surface area is 114 Å². The fourth-order valence-corrected chi connectivity index (χ4v) is 3.14. The SMILES string of the molecule is CCNC(=O)[C@H](CC)N(c1ccccc1)S(C)(=O)=O. The number of carbonyl (C=O) groups excluding carboxylic acids is 1. The molecule has 1 N–H and O–H groups in total. The highest BCUT2D eigenvalue weighted by molar-refractivity contribution is 7.92. The molecule has 5 nitrogen and oxygen atoms in total. The number of nitrogens with one attached hydrogen (secondary N) is 1. The molecular weight excluding hydrogens is 264 g/mol. The van der Waals surface area contributed by atoms with Crippen molar-refractivity contribution in [3.05, 3.63) is 30.3 Å². The Morgan fingerprint density at radius 2 is 1.84 bits per heavy atom. The van der Waals surface area contributed by atoms with Crippen molar-refractivity contribution in [1.82, 2.24) is 5.32 Å². The first-order valence-corrected chi connectivity index (χ1v) is 8.08. The third-order valence-electron chi connectivity index (χ3n) is 2.69. The summed E-state index contributed by atoms with van der Waals surface area (Å²) < 4.78 is 25.2. The zero-order valence-corrected chi connectivity index (χ0v) is 12.3. The maximum Gasteiger partial charge on any atom is 0.243 e. The van der Waals surface area contributed by atoms with E-state index in [-0.39, 0.29) is 5.91 Å². The molecule has 0 fully saturated rings. The standard InChI is InChI=1S/C13H20N2O3S/c1-4-12(13(16)14-5-2)15(19(3,17)18)11-9-7-6-8-10-11/h6-10,12H,4-5H2,1-3H3,(H,14,16)/t12-/m0/s1. The molecule has 0 unspecified atom stereocenters. The molecule has 19 heavy (non-hydrogen) atoms. The first-order valence-electron chi connectivity index (χ1n) is 6.24. The Kier molecular flexibility index (Phi) is 5.35. The molecule has 0 radical (unpaired) electrons. The summed E-state index contributed by atoms with van der Waals surface area (Å²) in [5.74, 6) is -0.278. The quantitative estimate of drug-likeness (QED) is 0.858. The van der Waals surface area contributed by atoms with E-state index in [4.69, 9.17) is 0 Å². The van der Waals surface area contributed by atoms with Gasteiger partial charge in [0.25, 0.3) is 0 Å². The third kappa shape index (κ3) is 3.96. The van der Waals surface area contributed by atoms with Gasteiger partial charge in [-0.25, -0.2) is 8.42 Å². The summed E-state index contributed by atoms with van der Waals surface area (Å²) in [7, 11) is -3.52. The minimum Gasteiger partial charge on any atom is -0.355 e. The van der Waals surface area contributed by atoms with Crippen molar-refractivity contribution in [2.75, 3.05) is 17.1 Å². The van der Waals surface area contributed by atoms with Gasteiger partial charge in [0.15, 0.2) is 0 Å². The number of likely N-dealkylation sites (N-methyl/N-ethyl adjacent to an activating group) is 1. The molecule has 0 aliphatic heterocycles. The maximum absolute atomic E-state index is 12.0. The van der Waals surface area contributed by atoms with Crippen LogP contribution in [0.5, 0.6) is 0 Å². The smallest absolute Gasteiger partial charge is 0.243 e. The molecule has 0 spiro atoms. The van der Waals surface area contributed by atoms with Crippen molar-refractivity contribution in [3.63, 3.8) is 0 Å². The van der Waals surface area contributed by atoms with E-state index in [9.17, 15) is 13.2 Å². The Hall–Kier alpha value is -1.56. The minimum atomic E-state index is -3.52. The molecule has 1 atom stereocenters. The number of hydrogen-bond donors (Lipinski definition) is 1. The van der Waals surface area contributed by atoms with Crippen LogP contribution in [0.15, 0.2) is 30.3 Å². The summed E-state index contributed by atoms with van der Waals surface area (Å²) >= 11 is 0. The molecule has 1 aromatic carbocycles. The van der Waals surface area contributed by atoms with Crippen molar-refractivity contribution in [2.24, 2.45) is 0 Å². The molecule has 1 aromatic rings. The van der Waals surface area contributed by atoms with Gasteiger partial charge in [-0.1, -0.05) is 25.1 Å². The van der Waals surface area contributed by atoms with Crippen molar-refractivity contribution in [1.29, 1.82) is 0 Å². The van der Waals surface area contributed by atoms with E-state index in [0.29, 0.717) is 18.7 Å². The van der Waals surface area contributed by atoms with Gasteiger partial charge < -0.3 is 5.32 Å². The van der Waals surface area contributed by atoms with Gasteiger partial charge in [0, 0.05) is 6.54 Å². The maximum atomic E-state index is 12.0. The van der Waals surface area contributed by atoms with E-state index < -0.39 is 16.1 Å². The molecule has 0 saturated heterocycles. The second-order valence-corrected chi connectivity index (χ2v) is 6.07. The molecule has 0 saturated carbocycles. The van der Waals surface area contributed by atoms with Crippen LogP contribution in [0.25, 0.3) is 0 Å². The molecular formula is C13H20N2O3S. The van der Waals surface area contributed by atoms with Gasteiger partial charge in [0.05, 0.1) is 11.9 Å². The van der Waals surface area contributed by atoms with Crippen molar-refractivity contribution in [3.8, 4) is 0 Å². The molecule has 0 aliphatic carbocycles. The number of carbonyl (C=O) groups is 1. The van der Waals surface area contributed by atoms with Gasteiger partial charge >= 0.3 is 0 Å². The van der Waals surface area contributed by atoms with Crippen LogP contribution in [0, 0.1) is 0 Å². The number of para-hydroxylation sites is 1. The molecule has 0 aromatic heterocycles. The molecule has 1 rings (SSSR count). The average Bonchev–Trinajstić information content (AvgIpc) is 2.35. The fraction of sp³-hybridized carbons (Fsp3) is 0.462. The van der Waals surface area contributed by atoms with E-state index in [1.165, 1.54) is 4.31 Å². The number of sulfonamides is 1. The van der Waals surface area contributed by atoms with Crippen LogP contribution in [0.1, 0.15) is 20.3 Å². The predicted octanol–water partition coefficient (Wildman–Crippen LogP) is 1.37. The monoisotopic (exact) mass is 284 g/mol. The number of amides is 1. The normalized spacial score (nSPS) is 12.8. The van der Waals surface area contributed by atoms with Crippen LogP contribution in [-0.4, -0.2) is 33.2 Å². The zero-order valence-electron chi connectivity index (χ0n) is 11.5. The number of benzene rings is 1. The van der Waals surface area contributed by atoms with Crippen molar-refractivity contribution in [2.45, 2.75) is 26.3 Å². The van der Waals surface area contributed by atoms with E-state index in [1.54, 1.807) is 44.2 Å². The van der Waals surface area contributed by atoms with Gasteiger partial charge in [0.1, 0.15) is 6.04 Å². The summed E-state index contributed by atoms with van der Waals surface area (Å²) in [6.07, 6.45) is 1.52.